The van der Waals surface area contributed by atoms with Gasteiger partial charge < -0.3 is 18.9 Å². The van der Waals surface area contributed by atoms with E-state index < -0.39 is 8.56 Å². The zero-order valence-corrected chi connectivity index (χ0v) is 26.4. The smallest absolute Gasteiger partial charge is 0.349 e. The molecule has 1 N–H and O–H groups in total. The van der Waals surface area contributed by atoms with E-state index in [2.05, 4.69) is 80.7 Å². The van der Waals surface area contributed by atoms with E-state index in [4.69, 9.17) is 23.6 Å². The highest BCUT2D eigenvalue weighted by Crippen LogP contribution is 2.56. The molecular weight excluding hydrogens is 542 g/mol. The van der Waals surface area contributed by atoms with Crippen LogP contribution in [-0.2, 0) is 20.1 Å². The topological polar surface area (TPSA) is 83.3 Å². The fourth-order valence-electron chi connectivity index (χ4n) is 6.45. The van der Waals surface area contributed by atoms with E-state index in [9.17, 15) is 0 Å². The Bertz CT molecular complexity index is 1550. The Hall–Kier alpha value is -3.37. The number of rotatable bonds is 6. The monoisotopic (exact) mass is 583 g/mol. The summed E-state index contributed by atoms with van der Waals surface area (Å²) in [4.78, 5) is 14.3. The molecular formula is C33H41N5O3Si. The van der Waals surface area contributed by atoms with Crippen LogP contribution in [0.5, 0.6) is 0 Å². The van der Waals surface area contributed by atoms with Crippen LogP contribution in [0.4, 0.5) is 5.95 Å². The normalized spacial score (nSPS) is 22.5. The Balaban J connectivity index is 1.36. The van der Waals surface area contributed by atoms with Crippen LogP contribution in [0.3, 0.4) is 0 Å². The number of fused-ring (bicyclic) bond motifs is 2. The molecule has 0 aliphatic carbocycles. The second-order valence-electron chi connectivity index (χ2n) is 13.3. The number of anilines is 1. The van der Waals surface area contributed by atoms with Gasteiger partial charge in [0, 0.05) is 23.0 Å². The van der Waals surface area contributed by atoms with Crippen LogP contribution < -0.4 is 5.32 Å². The van der Waals surface area contributed by atoms with Crippen molar-refractivity contribution < 1.29 is 13.6 Å². The molecule has 6 rings (SSSR count). The summed E-state index contributed by atoms with van der Waals surface area (Å²) < 4.78 is 22.5. The number of nitrogens with one attached hydrogen (secondary N) is 1. The van der Waals surface area contributed by atoms with Crippen molar-refractivity contribution in [3.8, 4) is 0 Å². The summed E-state index contributed by atoms with van der Waals surface area (Å²) in [6.45, 7) is 14.6. The van der Waals surface area contributed by atoms with Crippen LogP contribution >= 0.6 is 0 Å². The predicted octanol–water partition coefficient (Wildman–Crippen LogP) is 7.35. The maximum Gasteiger partial charge on any atom is 0.349 e. The maximum atomic E-state index is 7.04. The highest BCUT2D eigenvalue weighted by Gasteiger charge is 2.63. The average Bonchev–Trinajstić information content (AvgIpc) is 3.55. The van der Waals surface area contributed by atoms with Crippen LogP contribution in [0.2, 0.25) is 10.1 Å². The van der Waals surface area contributed by atoms with Gasteiger partial charge >= 0.3 is 8.56 Å². The van der Waals surface area contributed by atoms with Crippen molar-refractivity contribution in [2.75, 3.05) is 11.9 Å². The van der Waals surface area contributed by atoms with Crippen LogP contribution in [0, 0.1) is 0 Å². The van der Waals surface area contributed by atoms with Crippen LogP contribution in [0.1, 0.15) is 71.0 Å². The number of nitrogens with zero attached hydrogens (tertiary/aromatic N) is 4. The number of hydrogen-bond donors (Lipinski definition) is 1. The molecule has 220 valence electrons. The van der Waals surface area contributed by atoms with Crippen molar-refractivity contribution in [1.29, 1.82) is 0 Å². The van der Waals surface area contributed by atoms with Crippen molar-refractivity contribution in [3.63, 3.8) is 0 Å². The standard InChI is InChI=1S/C33H41N5O3Si/c1-32(2,3)42(33(4,5)6)39-21-27-26(41-42)19-28(40-27)38-30-29(37-31(38)34-20-24-15-11-8-12-16-24)25(35-22-36-30)18-17-23-13-9-7-10-14-23/h7-18,22,26-28H,19-21H2,1-6H3,(H,34,37)/b18-17+/t26-,27+,28+/m0/s1. The van der Waals surface area contributed by atoms with Crippen molar-refractivity contribution in [2.45, 2.75) is 83.0 Å². The molecule has 4 heterocycles. The number of hydrogen-bond acceptors (Lipinski definition) is 7. The van der Waals surface area contributed by atoms with Gasteiger partial charge in [0.2, 0.25) is 5.95 Å². The Morgan fingerprint density at radius 3 is 2.29 bits per heavy atom. The second kappa shape index (κ2) is 11.0. The Labute approximate surface area is 249 Å². The molecule has 0 amide bonds. The molecule has 2 aromatic heterocycles. The molecule has 2 fully saturated rings. The highest BCUT2D eigenvalue weighted by atomic mass is 28.4. The van der Waals surface area contributed by atoms with Crippen LogP contribution in [0.15, 0.2) is 67.0 Å². The summed E-state index contributed by atoms with van der Waals surface area (Å²) in [6, 6.07) is 20.5. The van der Waals surface area contributed by atoms with Crippen molar-refractivity contribution >= 4 is 37.8 Å². The minimum atomic E-state index is -2.62. The second-order valence-corrected chi connectivity index (χ2v) is 18.0. The van der Waals surface area contributed by atoms with Gasteiger partial charge in [-0.1, -0.05) is 108 Å². The zero-order valence-electron chi connectivity index (χ0n) is 25.4. The van der Waals surface area contributed by atoms with E-state index >= 15 is 0 Å². The molecule has 0 bridgehead atoms. The minimum absolute atomic E-state index is 0.0624. The molecule has 2 saturated heterocycles. The molecule has 0 saturated carbocycles. The minimum Gasteiger partial charge on any atom is -0.391 e. The molecule has 2 aromatic carbocycles. The van der Waals surface area contributed by atoms with Gasteiger partial charge in [0.1, 0.15) is 24.2 Å². The number of ether oxygens (including phenoxy) is 1. The van der Waals surface area contributed by atoms with E-state index in [1.165, 1.54) is 0 Å². The van der Waals surface area contributed by atoms with Crippen molar-refractivity contribution in [1.82, 2.24) is 19.5 Å². The largest absolute Gasteiger partial charge is 0.391 e. The highest BCUT2D eigenvalue weighted by molar-refractivity contribution is 6.73. The van der Waals surface area contributed by atoms with E-state index in [1.807, 2.05) is 48.6 Å². The van der Waals surface area contributed by atoms with E-state index in [1.54, 1.807) is 6.33 Å². The summed E-state index contributed by atoms with van der Waals surface area (Å²) in [5.41, 5.74) is 4.47. The molecule has 9 heteroatoms. The molecule has 0 radical (unpaired) electrons. The third-order valence-electron chi connectivity index (χ3n) is 8.24. The number of aromatic nitrogens is 4. The number of benzene rings is 2. The molecule has 3 atom stereocenters. The first-order valence-corrected chi connectivity index (χ1v) is 16.6. The zero-order chi connectivity index (χ0) is 29.5. The molecule has 0 unspecified atom stereocenters. The van der Waals surface area contributed by atoms with Crippen LogP contribution in [0.25, 0.3) is 23.3 Å². The molecule has 42 heavy (non-hydrogen) atoms. The first kappa shape index (κ1) is 28.7. The van der Waals surface area contributed by atoms with Gasteiger partial charge in [0.25, 0.3) is 0 Å². The van der Waals surface area contributed by atoms with Gasteiger partial charge in [-0.2, -0.15) is 0 Å². The fourth-order valence-corrected chi connectivity index (χ4v) is 11.4. The lowest BCUT2D eigenvalue weighted by Gasteiger charge is -2.53. The van der Waals surface area contributed by atoms with Crippen molar-refractivity contribution in [3.05, 3.63) is 83.8 Å². The van der Waals surface area contributed by atoms with E-state index in [0.717, 1.165) is 28.0 Å². The summed E-state index contributed by atoms with van der Waals surface area (Å²) in [7, 11) is -2.62. The lowest BCUT2D eigenvalue weighted by atomic mass is 10.2. The lowest BCUT2D eigenvalue weighted by Crippen LogP contribution is -2.64. The summed E-state index contributed by atoms with van der Waals surface area (Å²) in [5, 5.41) is 3.38. The quantitative estimate of drug-likeness (QED) is 0.238. The predicted molar refractivity (Wildman–Crippen MR) is 169 cm³/mol. The lowest BCUT2D eigenvalue weighted by molar-refractivity contribution is -0.0790. The van der Waals surface area contributed by atoms with E-state index in [-0.39, 0.29) is 28.5 Å². The molecule has 2 aliphatic rings. The molecule has 4 aromatic rings. The van der Waals surface area contributed by atoms with Gasteiger partial charge in [-0.15, -0.1) is 0 Å². The first-order chi connectivity index (χ1) is 20.1. The first-order valence-electron chi connectivity index (χ1n) is 14.8. The maximum absolute atomic E-state index is 7.04. The third kappa shape index (κ3) is 5.30. The molecule has 2 aliphatic heterocycles. The summed E-state index contributed by atoms with van der Waals surface area (Å²) in [5.74, 6) is 0.698. The van der Waals surface area contributed by atoms with E-state index in [0.29, 0.717) is 25.5 Å². The number of imidazole rings is 1. The SMILES string of the molecule is CC(C)(C)[Si]1(C(C)(C)C)OC[C@H]2O[C@@H](n3c(NCc4ccccc4)nc4c(/C=C/c5ccccc5)ncnc43)C[C@@H]2O1. The fraction of sp³-hybridized carbons (Fsp3) is 0.424. The van der Waals surface area contributed by atoms with Gasteiger partial charge in [0.05, 0.1) is 18.4 Å². The summed E-state index contributed by atoms with van der Waals surface area (Å²) in [6.07, 6.45) is 5.82. The molecule has 0 spiro atoms. The van der Waals surface area contributed by atoms with Gasteiger partial charge in [-0.25, -0.2) is 15.0 Å². The Morgan fingerprint density at radius 2 is 1.60 bits per heavy atom. The van der Waals surface area contributed by atoms with Gasteiger partial charge in [-0.05, 0) is 17.2 Å². The van der Waals surface area contributed by atoms with Crippen LogP contribution in [-0.4, -0.2) is 46.9 Å². The van der Waals surface area contributed by atoms with Gasteiger partial charge in [-0.3, -0.25) is 4.57 Å². The van der Waals surface area contributed by atoms with Gasteiger partial charge in [0.15, 0.2) is 5.65 Å². The average molecular weight is 584 g/mol. The van der Waals surface area contributed by atoms with Crippen molar-refractivity contribution in [2.24, 2.45) is 0 Å². The third-order valence-corrected chi connectivity index (χ3v) is 13.4. The Morgan fingerprint density at radius 1 is 0.905 bits per heavy atom. The molecule has 8 nitrogen and oxygen atoms in total. The Kier molecular flexibility index (Phi) is 7.55. The summed E-state index contributed by atoms with van der Waals surface area (Å²) >= 11 is 0.